The van der Waals surface area contributed by atoms with Crippen LogP contribution in [-0.4, -0.2) is 15.0 Å². The third-order valence-corrected chi connectivity index (χ3v) is 10.1. The fourth-order valence-corrected chi connectivity index (χ4v) is 7.70. The molecule has 0 fully saturated rings. The highest BCUT2D eigenvalue weighted by molar-refractivity contribution is 6.25. The molecule has 8 aromatic carbocycles. The molecular weight excluding hydrogens is 671 g/mol. The Hall–Kier alpha value is -7.43. The van der Waals surface area contributed by atoms with Gasteiger partial charge in [0.15, 0.2) is 17.5 Å². The average molecular weight is 704 g/mol. The van der Waals surface area contributed by atoms with Crippen molar-refractivity contribution in [3.05, 3.63) is 200 Å². The van der Waals surface area contributed by atoms with E-state index < -0.39 is 0 Å². The number of hydrogen-bond donors (Lipinski definition) is 0. The van der Waals surface area contributed by atoms with Gasteiger partial charge in [-0.25, -0.2) is 15.0 Å². The molecule has 4 nitrogen and oxygen atoms in total. The van der Waals surface area contributed by atoms with Crippen LogP contribution in [0.3, 0.4) is 0 Å². The van der Waals surface area contributed by atoms with Crippen molar-refractivity contribution < 1.29 is 4.42 Å². The number of furan rings is 1. The number of para-hydroxylation sites is 1. The molecule has 0 N–H and O–H groups in total. The van der Waals surface area contributed by atoms with Gasteiger partial charge >= 0.3 is 0 Å². The summed E-state index contributed by atoms with van der Waals surface area (Å²) in [5.74, 6) is 1.75. The van der Waals surface area contributed by atoms with Gasteiger partial charge in [0.25, 0.3) is 0 Å². The summed E-state index contributed by atoms with van der Waals surface area (Å²) >= 11 is 0. The maximum absolute atomic E-state index is 7.33. The molecule has 0 spiro atoms. The minimum atomic E-state index is 0.548. The molecule has 0 amide bonds. The largest absolute Gasteiger partial charge is 0.455 e. The Kier molecular flexibility index (Phi) is 8.12. The standard InChI is InChI=1S/C51H33N3O/c1-7-20-34(21-8-1)42-43(35-22-9-2-10-23-35)45(37-26-13-4-14-27-37)48-46(44(42)36-24-11-3-12-25-36)40-32-19-33-41(47(40)55-48)51-53-49(38-28-15-5-16-29-38)52-50(54-51)39-30-17-6-18-31-39/h1-33H. The second-order valence-corrected chi connectivity index (χ2v) is 13.5. The minimum Gasteiger partial charge on any atom is -0.455 e. The number of aromatic nitrogens is 3. The molecule has 0 bridgehead atoms. The molecule has 0 saturated carbocycles. The van der Waals surface area contributed by atoms with Crippen LogP contribution in [0.4, 0.5) is 0 Å². The number of benzene rings is 8. The smallest absolute Gasteiger partial charge is 0.167 e. The molecule has 2 heterocycles. The van der Waals surface area contributed by atoms with Crippen LogP contribution < -0.4 is 0 Å². The van der Waals surface area contributed by atoms with Crippen LogP contribution in [0.25, 0.3) is 101 Å². The summed E-state index contributed by atoms with van der Waals surface area (Å²) in [6.07, 6.45) is 0. The van der Waals surface area contributed by atoms with E-state index in [1.165, 1.54) is 0 Å². The number of nitrogens with zero attached hydrogens (tertiary/aromatic N) is 3. The summed E-state index contributed by atoms with van der Waals surface area (Å²) < 4.78 is 7.33. The van der Waals surface area contributed by atoms with Crippen LogP contribution in [0.15, 0.2) is 205 Å². The zero-order chi connectivity index (χ0) is 36.6. The maximum Gasteiger partial charge on any atom is 0.167 e. The van der Waals surface area contributed by atoms with Gasteiger partial charge in [-0.3, -0.25) is 0 Å². The van der Waals surface area contributed by atoms with Crippen molar-refractivity contribution in [3.8, 4) is 78.7 Å². The molecule has 0 aliphatic rings. The van der Waals surface area contributed by atoms with E-state index in [-0.39, 0.29) is 0 Å². The Balaban J connectivity index is 1.38. The first-order valence-corrected chi connectivity index (χ1v) is 18.5. The van der Waals surface area contributed by atoms with Crippen LogP contribution in [0.2, 0.25) is 0 Å². The van der Waals surface area contributed by atoms with E-state index in [0.717, 1.165) is 83.1 Å². The molecule has 10 aromatic rings. The predicted molar refractivity (Wildman–Crippen MR) is 225 cm³/mol. The normalized spacial score (nSPS) is 11.3. The fraction of sp³-hybridized carbons (Fsp3) is 0. The molecule has 10 rings (SSSR count). The summed E-state index contributed by atoms with van der Waals surface area (Å²) in [5.41, 5.74) is 13.0. The van der Waals surface area contributed by atoms with Crippen LogP contribution in [0.1, 0.15) is 0 Å². The van der Waals surface area contributed by atoms with E-state index >= 15 is 0 Å². The van der Waals surface area contributed by atoms with Crippen LogP contribution in [-0.2, 0) is 0 Å². The second kappa shape index (κ2) is 13.8. The number of rotatable bonds is 7. The molecule has 0 aliphatic heterocycles. The third-order valence-electron chi connectivity index (χ3n) is 10.1. The lowest BCUT2D eigenvalue weighted by atomic mass is 9.80. The molecule has 0 unspecified atom stereocenters. The van der Waals surface area contributed by atoms with Gasteiger partial charge in [-0.05, 0) is 33.9 Å². The number of hydrogen-bond acceptors (Lipinski definition) is 4. The molecule has 0 atom stereocenters. The van der Waals surface area contributed by atoms with Crippen molar-refractivity contribution in [2.45, 2.75) is 0 Å². The van der Waals surface area contributed by atoms with E-state index in [9.17, 15) is 0 Å². The zero-order valence-electron chi connectivity index (χ0n) is 29.8. The van der Waals surface area contributed by atoms with Gasteiger partial charge in [-0.1, -0.05) is 194 Å². The Bertz CT molecular complexity index is 2870. The van der Waals surface area contributed by atoms with Gasteiger partial charge in [-0.15, -0.1) is 0 Å². The predicted octanol–water partition coefficient (Wildman–Crippen LogP) is 13.4. The lowest BCUT2D eigenvalue weighted by molar-refractivity contribution is 0.671. The highest BCUT2D eigenvalue weighted by atomic mass is 16.3. The highest BCUT2D eigenvalue weighted by Crippen LogP contribution is 2.54. The summed E-state index contributed by atoms with van der Waals surface area (Å²) in [7, 11) is 0. The lowest BCUT2D eigenvalue weighted by Crippen LogP contribution is -2.00. The molecule has 2 aromatic heterocycles. The maximum atomic E-state index is 7.33. The van der Waals surface area contributed by atoms with E-state index in [1.807, 2.05) is 60.7 Å². The Morgan fingerprint density at radius 2 is 0.636 bits per heavy atom. The summed E-state index contributed by atoms with van der Waals surface area (Å²) in [5, 5.41) is 2.03. The summed E-state index contributed by atoms with van der Waals surface area (Å²) in [6.45, 7) is 0. The molecular formula is C51H33N3O. The summed E-state index contributed by atoms with van der Waals surface area (Å²) in [4.78, 5) is 15.2. The number of fused-ring (bicyclic) bond motifs is 3. The first-order chi connectivity index (χ1) is 27.3. The Morgan fingerprint density at radius 3 is 1.09 bits per heavy atom. The van der Waals surface area contributed by atoms with Gasteiger partial charge in [0.05, 0.1) is 5.56 Å². The topological polar surface area (TPSA) is 51.8 Å². The van der Waals surface area contributed by atoms with Gasteiger partial charge in [-0.2, -0.15) is 0 Å². The second-order valence-electron chi connectivity index (χ2n) is 13.5. The first kappa shape index (κ1) is 32.2. The van der Waals surface area contributed by atoms with E-state index in [4.69, 9.17) is 19.4 Å². The van der Waals surface area contributed by atoms with E-state index in [1.54, 1.807) is 0 Å². The fourth-order valence-electron chi connectivity index (χ4n) is 7.70. The lowest BCUT2D eigenvalue weighted by Gasteiger charge is -2.22. The van der Waals surface area contributed by atoms with Crippen molar-refractivity contribution in [1.82, 2.24) is 15.0 Å². The van der Waals surface area contributed by atoms with Crippen LogP contribution >= 0.6 is 0 Å². The van der Waals surface area contributed by atoms with Crippen LogP contribution in [0.5, 0.6) is 0 Å². The van der Waals surface area contributed by atoms with Crippen molar-refractivity contribution in [1.29, 1.82) is 0 Å². The van der Waals surface area contributed by atoms with Gasteiger partial charge in [0.2, 0.25) is 0 Å². The molecule has 258 valence electrons. The quantitative estimate of drug-likeness (QED) is 0.166. The van der Waals surface area contributed by atoms with E-state index in [2.05, 4.69) is 140 Å². The van der Waals surface area contributed by atoms with Crippen molar-refractivity contribution >= 4 is 21.9 Å². The van der Waals surface area contributed by atoms with Crippen molar-refractivity contribution in [3.63, 3.8) is 0 Å². The molecule has 0 aliphatic carbocycles. The highest BCUT2D eigenvalue weighted by Gasteiger charge is 2.29. The monoisotopic (exact) mass is 703 g/mol. The molecule has 0 radical (unpaired) electrons. The van der Waals surface area contributed by atoms with Crippen molar-refractivity contribution in [2.75, 3.05) is 0 Å². The van der Waals surface area contributed by atoms with E-state index in [0.29, 0.717) is 17.5 Å². The summed E-state index contributed by atoms with van der Waals surface area (Å²) in [6, 6.07) is 69.2. The van der Waals surface area contributed by atoms with Gasteiger partial charge in [0, 0.05) is 38.6 Å². The zero-order valence-corrected chi connectivity index (χ0v) is 29.8. The van der Waals surface area contributed by atoms with Crippen LogP contribution in [0, 0.1) is 0 Å². The third kappa shape index (κ3) is 5.77. The molecule has 0 saturated heterocycles. The molecule has 55 heavy (non-hydrogen) atoms. The Morgan fingerprint density at radius 1 is 0.273 bits per heavy atom. The van der Waals surface area contributed by atoms with Crippen molar-refractivity contribution in [2.24, 2.45) is 0 Å². The Labute approximate surface area is 319 Å². The SMILES string of the molecule is c1ccc(-c2nc(-c3ccccc3)nc(-c3cccc4c3oc3c(-c5ccccc5)c(-c5ccccc5)c(-c5ccccc5)c(-c5ccccc5)c34)n2)cc1. The van der Waals surface area contributed by atoms with Gasteiger partial charge < -0.3 is 4.42 Å². The average Bonchev–Trinajstić information content (AvgIpc) is 3.66. The van der Waals surface area contributed by atoms with Gasteiger partial charge in [0.1, 0.15) is 11.2 Å². The minimum absolute atomic E-state index is 0.548. The first-order valence-electron chi connectivity index (χ1n) is 18.5. The molecule has 4 heteroatoms.